The standard InChI is InChI=1S/C21H19N3O3/c22-20(25)17-7-4-8-18(12-17)21(26)24-13-16-9-10-23-19(11-16)27-14-15-5-2-1-3-6-15/h1-12H,13-14H2,(H2,22,25)(H,24,26). The lowest BCUT2D eigenvalue weighted by Crippen LogP contribution is -2.23. The number of aromatic nitrogens is 1. The lowest BCUT2D eigenvalue weighted by Gasteiger charge is -2.09. The zero-order chi connectivity index (χ0) is 19.1. The number of pyridine rings is 1. The van der Waals surface area contributed by atoms with E-state index in [1.165, 1.54) is 6.07 Å². The van der Waals surface area contributed by atoms with Crippen LogP contribution in [0.5, 0.6) is 5.88 Å². The average molecular weight is 361 g/mol. The minimum absolute atomic E-state index is 0.290. The van der Waals surface area contributed by atoms with Crippen molar-refractivity contribution in [3.8, 4) is 5.88 Å². The van der Waals surface area contributed by atoms with Gasteiger partial charge in [0.2, 0.25) is 11.8 Å². The molecule has 0 fully saturated rings. The van der Waals surface area contributed by atoms with Crippen LogP contribution in [0.1, 0.15) is 31.8 Å². The van der Waals surface area contributed by atoms with Gasteiger partial charge in [0.25, 0.3) is 5.91 Å². The minimum Gasteiger partial charge on any atom is -0.473 e. The molecule has 3 aromatic rings. The number of carbonyl (C=O) groups is 2. The fourth-order valence-corrected chi connectivity index (χ4v) is 2.47. The maximum atomic E-state index is 12.3. The molecule has 0 aliphatic heterocycles. The maximum absolute atomic E-state index is 12.3. The Hall–Kier alpha value is -3.67. The first-order valence-electron chi connectivity index (χ1n) is 8.41. The fraction of sp³-hybridized carbons (Fsp3) is 0.0952. The quantitative estimate of drug-likeness (QED) is 0.676. The van der Waals surface area contributed by atoms with Crippen LogP contribution in [0.4, 0.5) is 0 Å². The van der Waals surface area contributed by atoms with Gasteiger partial charge >= 0.3 is 0 Å². The Balaban J connectivity index is 1.58. The number of primary amides is 1. The van der Waals surface area contributed by atoms with E-state index in [4.69, 9.17) is 10.5 Å². The molecule has 0 bridgehead atoms. The Bertz CT molecular complexity index is 942. The van der Waals surface area contributed by atoms with Crippen LogP contribution < -0.4 is 15.8 Å². The van der Waals surface area contributed by atoms with E-state index in [0.29, 0.717) is 30.2 Å². The van der Waals surface area contributed by atoms with Crippen molar-refractivity contribution in [2.45, 2.75) is 13.2 Å². The molecule has 1 aromatic heterocycles. The van der Waals surface area contributed by atoms with Crippen molar-refractivity contribution >= 4 is 11.8 Å². The summed E-state index contributed by atoms with van der Waals surface area (Å²) in [6, 6.07) is 19.7. The van der Waals surface area contributed by atoms with Crippen molar-refractivity contribution < 1.29 is 14.3 Å². The largest absolute Gasteiger partial charge is 0.473 e. The molecule has 0 radical (unpaired) electrons. The Labute approximate surface area is 157 Å². The molecule has 3 rings (SSSR count). The molecular weight excluding hydrogens is 342 g/mol. The van der Waals surface area contributed by atoms with Crippen LogP contribution in [-0.2, 0) is 13.2 Å². The molecule has 136 valence electrons. The van der Waals surface area contributed by atoms with E-state index in [1.54, 1.807) is 36.5 Å². The zero-order valence-corrected chi connectivity index (χ0v) is 14.6. The third kappa shape index (κ3) is 5.15. The average Bonchev–Trinajstić information content (AvgIpc) is 2.71. The van der Waals surface area contributed by atoms with Gasteiger partial charge in [-0.05, 0) is 35.4 Å². The van der Waals surface area contributed by atoms with Crippen LogP contribution in [0.3, 0.4) is 0 Å². The third-order valence-corrected chi connectivity index (χ3v) is 3.89. The second-order valence-corrected chi connectivity index (χ2v) is 5.90. The molecule has 2 amide bonds. The Morgan fingerprint density at radius 1 is 0.926 bits per heavy atom. The molecule has 0 unspecified atom stereocenters. The Morgan fingerprint density at radius 3 is 2.48 bits per heavy atom. The number of hydrogen-bond acceptors (Lipinski definition) is 4. The smallest absolute Gasteiger partial charge is 0.251 e. The highest BCUT2D eigenvalue weighted by molar-refractivity contribution is 5.99. The van der Waals surface area contributed by atoms with Gasteiger partial charge in [-0.2, -0.15) is 0 Å². The van der Waals surface area contributed by atoms with Crippen molar-refractivity contribution in [2.75, 3.05) is 0 Å². The number of ether oxygens (including phenoxy) is 1. The highest BCUT2D eigenvalue weighted by atomic mass is 16.5. The molecule has 0 saturated carbocycles. The van der Waals surface area contributed by atoms with Gasteiger partial charge in [0.15, 0.2) is 0 Å². The summed E-state index contributed by atoms with van der Waals surface area (Å²) < 4.78 is 5.69. The van der Waals surface area contributed by atoms with Crippen LogP contribution in [0.15, 0.2) is 72.9 Å². The van der Waals surface area contributed by atoms with E-state index in [0.717, 1.165) is 11.1 Å². The lowest BCUT2D eigenvalue weighted by atomic mass is 10.1. The van der Waals surface area contributed by atoms with Gasteiger partial charge in [-0.15, -0.1) is 0 Å². The zero-order valence-electron chi connectivity index (χ0n) is 14.6. The van der Waals surface area contributed by atoms with E-state index in [9.17, 15) is 9.59 Å². The molecule has 2 aromatic carbocycles. The number of carbonyl (C=O) groups excluding carboxylic acids is 2. The molecule has 0 aliphatic rings. The van der Waals surface area contributed by atoms with Gasteiger partial charge in [-0.3, -0.25) is 9.59 Å². The second-order valence-electron chi connectivity index (χ2n) is 5.90. The molecule has 6 heteroatoms. The van der Waals surface area contributed by atoms with Crippen LogP contribution in [0.2, 0.25) is 0 Å². The highest BCUT2D eigenvalue weighted by Crippen LogP contribution is 2.12. The molecule has 0 atom stereocenters. The number of amides is 2. The van der Waals surface area contributed by atoms with E-state index < -0.39 is 5.91 Å². The van der Waals surface area contributed by atoms with E-state index >= 15 is 0 Å². The summed E-state index contributed by atoms with van der Waals surface area (Å²) in [6.45, 7) is 0.730. The lowest BCUT2D eigenvalue weighted by molar-refractivity contribution is 0.0951. The number of hydrogen-bond donors (Lipinski definition) is 2. The normalized spacial score (nSPS) is 10.2. The van der Waals surface area contributed by atoms with Crippen LogP contribution >= 0.6 is 0 Å². The topological polar surface area (TPSA) is 94.3 Å². The summed E-state index contributed by atoms with van der Waals surface area (Å²) in [5.74, 6) is -0.373. The highest BCUT2D eigenvalue weighted by Gasteiger charge is 2.09. The number of nitrogens with one attached hydrogen (secondary N) is 1. The van der Waals surface area contributed by atoms with Crippen molar-refractivity contribution in [3.05, 3.63) is 95.2 Å². The maximum Gasteiger partial charge on any atom is 0.251 e. The number of nitrogens with two attached hydrogens (primary N) is 1. The number of rotatable bonds is 7. The summed E-state index contributed by atoms with van der Waals surface area (Å²) in [6.07, 6.45) is 1.63. The first-order valence-corrected chi connectivity index (χ1v) is 8.41. The summed E-state index contributed by atoms with van der Waals surface area (Å²) in [4.78, 5) is 27.7. The predicted octanol–water partition coefficient (Wildman–Crippen LogP) is 2.69. The molecule has 6 nitrogen and oxygen atoms in total. The van der Waals surface area contributed by atoms with Crippen LogP contribution in [-0.4, -0.2) is 16.8 Å². The first kappa shape index (κ1) is 18.1. The molecule has 1 heterocycles. The molecular formula is C21H19N3O3. The molecule has 27 heavy (non-hydrogen) atoms. The summed E-state index contributed by atoms with van der Waals surface area (Å²) in [5, 5.41) is 2.81. The van der Waals surface area contributed by atoms with Gasteiger partial charge in [0, 0.05) is 29.9 Å². The van der Waals surface area contributed by atoms with Crippen molar-refractivity contribution in [2.24, 2.45) is 5.73 Å². The summed E-state index contributed by atoms with van der Waals surface area (Å²) >= 11 is 0. The van der Waals surface area contributed by atoms with Gasteiger partial charge in [0.1, 0.15) is 6.61 Å². The van der Waals surface area contributed by atoms with Gasteiger partial charge < -0.3 is 15.8 Å². The molecule has 0 aliphatic carbocycles. The van der Waals surface area contributed by atoms with E-state index in [2.05, 4.69) is 10.3 Å². The third-order valence-electron chi connectivity index (χ3n) is 3.89. The van der Waals surface area contributed by atoms with E-state index in [1.807, 2.05) is 30.3 Å². The monoisotopic (exact) mass is 361 g/mol. The van der Waals surface area contributed by atoms with Crippen molar-refractivity contribution in [3.63, 3.8) is 0 Å². The van der Waals surface area contributed by atoms with Crippen molar-refractivity contribution in [1.29, 1.82) is 0 Å². The van der Waals surface area contributed by atoms with Crippen molar-refractivity contribution in [1.82, 2.24) is 10.3 Å². The van der Waals surface area contributed by atoms with Gasteiger partial charge in [-0.25, -0.2) is 4.98 Å². The SMILES string of the molecule is NC(=O)c1cccc(C(=O)NCc2ccnc(OCc3ccccc3)c2)c1. The summed E-state index contributed by atoms with van der Waals surface area (Å²) in [7, 11) is 0. The second kappa shape index (κ2) is 8.62. The summed E-state index contributed by atoms with van der Waals surface area (Å²) in [5.41, 5.74) is 7.82. The first-order chi connectivity index (χ1) is 13.1. The minimum atomic E-state index is -0.570. The fourth-order valence-electron chi connectivity index (χ4n) is 2.47. The van der Waals surface area contributed by atoms with E-state index in [-0.39, 0.29) is 5.91 Å². The van der Waals surface area contributed by atoms with Gasteiger partial charge in [0.05, 0.1) is 0 Å². The molecule has 0 spiro atoms. The van der Waals surface area contributed by atoms with Crippen LogP contribution in [0.25, 0.3) is 0 Å². The predicted molar refractivity (Wildman–Crippen MR) is 101 cm³/mol. The number of benzene rings is 2. The Morgan fingerprint density at radius 2 is 1.70 bits per heavy atom. The molecule has 3 N–H and O–H groups in total. The van der Waals surface area contributed by atoms with Crippen LogP contribution in [0, 0.1) is 0 Å². The van der Waals surface area contributed by atoms with Gasteiger partial charge in [-0.1, -0.05) is 36.4 Å². The molecule has 0 saturated heterocycles. The Kier molecular flexibility index (Phi) is 5.79. The number of nitrogens with zero attached hydrogens (tertiary/aromatic N) is 1.